The Morgan fingerprint density at radius 3 is 2.88 bits per heavy atom. The third kappa shape index (κ3) is 2.75. The Kier molecular flexibility index (Phi) is 3.92. The fourth-order valence-corrected chi connectivity index (χ4v) is 4.14. The van der Waals surface area contributed by atoms with Gasteiger partial charge in [-0.25, -0.2) is 4.98 Å². The highest BCUT2D eigenvalue weighted by Gasteiger charge is 2.35. The molecule has 0 spiro atoms. The Morgan fingerprint density at radius 2 is 2.12 bits per heavy atom. The number of amides is 1. The summed E-state index contributed by atoms with van der Waals surface area (Å²) in [5.74, 6) is 0.285. The lowest BCUT2D eigenvalue weighted by atomic mass is 9.98. The van der Waals surface area contributed by atoms with Crippen molar-refractivity contribution in [3.05, 3.63) is 41.2 Å². The van der Waals surface area contributed by atoms with Crippen molar-refractivity contribution in [2.24, 2.45) is 7.05 Å². The number of likely N-dealkylation sites (N-methyl/N-ethyl adjacent to an activating group) is 1. The molecule has 2 aromatic rings. The van der Waals surface area contributed by atoms with Crippen molar-refractivity contribution in [1.29, 1.82) is 0 Å². The van der Waals surface area contributed by atoms with Gasteiger partial charge >= 0.3 is 0 Å². The Hall–Kier alpha value is -2.08. The maximum Gasteiger partial charge on any atom is 0.267 e. The lowest BCUT2D eigenvalue weighted by molar-refractivity contribution is 0.0930. The fraction of sp³-hybridized carbons (Fsp3) is 0.556. The van der Waals surface area contributed by atoms with Gasteiger partial charge in [0.2, 0.25) is 0 Å². The zero-order chi connectivity index (χ0) is 16.7. The number of imidazole rings is 1. The van der Waals surface area contributed by atoms with Crippen LogP contribution in [0.25, 0.3) is 0 Å². The standard InChI is InChI=1S/C18H25N5O/c1-22-9-13(17-8-19-11-23(17)2)16(10-22)21-18(24)15-7-12-5-3-4-6-14(12)20-15/h7-8,11,13,16,20H,3-6,9-10H2,1-2H3,(H,21,24)/t13-,16-/m1/s1. The second-order valence-electron chi connectivity index (χ2n) is 7.23. The van der Waals surface area contributed by atoms with E-state index >= 15 is 0 Å². The molecule has 2 atom stereocenters. The number of fused-ring (bicyclic) bond motifs is 1. The van der Waals surface area contributed by atoms with Crippen molar-refractivity contribution in [2.75, 3.05) is 20.1 Å². The summed E-state index contributed by atoms with van der Waals surface area (Å²) < 4.78 is 2.05. The molecule has 2 N–H and O–H groups in total. The van der Waals surface area contributed by atoms with Crippen LogP contribution in [0.4, 0.5) is 0 Å². The first-order chi connectivity index (χ1) is 11.6. The molecule has 0 saturated carbocycles. The van der Waals surface area contributed by atoms with Crippen LogP contribution in [-0.2, 0) is 19.9 Å². The van der Waals surface area contributed by atoms with E-state index < -0.39 is 0 Å². The number of H-pyrrole nitrogens is 1. The van der Waals surface area contributed by atoms with Gasteiger partial charge in [-0.2, -0.15) is 0 Å². The monoisotopic (exact) mass is 327 g/mol. The molecule has 2 aliphatic rings. The number of nitrogens with one attached hydrogen (secondary N) is 2. The van der Waals surface area contributed by atoms with E-state index in [1.165, 1.54) is 29.8 Å². The van der Waals surface area contributed by atoms with Crippen molar-refractivity contribution < 1.29 is 4.79 Å². The van der Waals surface area contributed by atoms with Crippen LogP contribution in [0, 0.1) is 0 Å². The average Bonchev–Trinajstić information content (AvgIpc) is 3.25. The molecule has 6 heteroatoms. The first kappa shape index (κ1) is 15.4. The molecule has 0 bridgehead atoms. The molecule has 128 valence electrons. The average molecular weight is 327 g/mol. The summed E-state index contributed by atoms with van der Waals surface area (Å²) in [5, 5.41) is 3.25. The number of hydrogen-bond donors (Lipinski definition) is 2. The van der Waals surface area contributed by atoms with Gasteiger partial charge in [0, 0.05) is 43.6 Å². The van der Waals surface area contributed by atoms with E-state index in [1.807, 2.05) is 25.6 Å². The first-order valence-electron chi connectivity index (χ1n) is 8.78. The van der Waals surface area contributed by atoms with Crippen LogP contribution in [0.5, 0.6) is 0 Å². The summed E-state index contributed by atoms with van der Waals surface area (Å²) >= 11 is 0. The molecule has 1 amide bonds. The van der Waals surface area contributed by atoms with Crippen molar-refractivity contribution in [3.8, 4) is 0 Å². The van der Waals surface area contributed by atoms with Gasteiger partial charge in [0.15, 0.2) is 0 Å². The number of rotatable bonds is 3. The van der Waals surface area contributed by atoms with E-state index in [1.54, 1.807) is 0 Å². The van der Waals surface area contributed by atoms with E-state index in [0.29, 0.717) is 5.69 Å². The van der Waals surface area contributed by atoms with E-state index in [4.69, 9.17) is 0 Å². The molecule has 1 saturated heterocycles. The predicted octanol–water partition coefficient (Wildman–Crippen LogP) is 1.45. The molecular weight excluding hydrogens is 302 g/mol. The van der Waals surface area contributed by atoms with Crippen LogP contribution in [0.2, 0.25) is 0 Å². The van der Waals surface area contributed by atoms with Crippen molar-refractivity contribution in [1.82, 2.24) is 24.8 Å². The second kappa shape index (κ2) is 6.09. The minimum Gasteiger partial charge on any atom is -0.354 e. The van der Waals surface area contributed by atoms with E-state index in [0.717, 1.165) is 25.9 Å². The van der Waals surface area contributed by atoms with Gasteiger partial charge in [0.05, 0.1) is 12.4 Å². The summed E-state index contributed by atoms with van der Waals surface area (Å²) in [6.07, 6.45) is 8.32. The number of aryl methyl sites for hydroxylation is 3. The van der Waals surface area contributed by atoms with E-state index in [-0.39, 0.29) is 17.9 Å². The first-order valence-corrected chi connectivity index (χ1v) is 8.78. The molecule has 1 fully saturated rings. The lowest BCUT2D eigenvalue weighted by Crippen LogP contribution is -2.40. The predicted molar refractivity (Wildman–Crippen MR) is 92.1 cm³/mol. The second-order valence-corrected chi connectivity index (χ2v) is 7.23. The Morgan fingerprint density at radius 1 is 1.29 bits per heavy atom. The molecule has 6 nitrogen and oxygen atoms in total. The van der Waals surface area contributed by atoms with Crippen molar-refractivity contribution in [3.63, 3.8) is 0 Å². The van der Waals surface area contributed by atoms with E-state index in [9.17, 15) is 4.79 Å². The minimum atomic E-state index is 0.0110. The van der Waals surface area contributed by atoms with Gasteiger partial charge < -0.3 is 19.8 Å². The highest BCUT2D eigenvalue weighted by atomic mass is 16.2. The molecule has 3 heterocycles. The number of aromatic nitrogens is 3. The maximum atomic E-state index is 12.7. The lowest BCUT2D eigenvalue weighted by Gasteiger charge is -2.20. The number of aromatic amines is 1. The zero-order valence-corrected chi connectivity index (χ0v) is 14.4. The zero-order valence-electron chi connectivity index (χ0n) is 14.4. The molecule has 1 aliphatic carbocycles. The SMILES string of the molecule is CN1C[C@@H](NC(=O)c2cc3c([nH]2)CCCC3)[C@H](c2cncn2C)C1. The number of hydrogen-bond acceptors (Lipinski definition) is 3. The quantitative estimate of drug-likeness (QED) is 0.897. The maximum absolute atomic E-state index is 12.7. The Balaban J connectivity index is 1.52. The third-order valence-electron chi connectivity index (χ3n) is 5.41. The summed E-state index contributed by atoms with van der Waals surface area (Å²) in [7, 11) is 4.11. The largest absolute Gasteiger partial charge is 0.354 e. The summed E-state index contributed by atoms with van der Waals surface area (Å²) in [6.45, 7) is 1.80. The van der Waals surface area contributed by atoms with Gasteiger partial charge in [0.25, 0.3) is 5.91 Å². The molecule has 2 aromatic heterocycles. The van der Waals surface area contributed by atoms with Crippen molar-refractivity contribution >= 4 is 5.91 Å². The fourth-order valence-electron chi connectivity index (χ4n) is 4.14. The third-order valence-corrected chi connectivity index (χ3v) is 5.41. The van der Waals surface area contributed by atoms with Crippen LogP contribution in [0.3, 0.4) is 0 Å². The molecule has 0 radical (unpaired) electrons. The van der Waals surface area contributed by atoms with Crippen LogP contribution < -0.4 is 5.32 Å². The Labute approximate surface area is 142 Å². The van der Waals surface area contributed by atoms with E-state index in [2.05, 4.69) is 31.8 Å². The summed E-state index contributed by atoms with van der Waals surface area (Å²) in [5.41, 5.74) is 4.45. The summed E-state index contributed by atoms with van der Waals surface area (Å²) in [6, 6.07) is 2.15. The van der Waals surface area contributed by atoms with Crippen molar-refractivity contribution in [2.45, 2.75) is 37.6 Å². The Bertz CT molecular complexity index is 723. The number of carbonyl (C=O) groups is 1. The molecule has 24 heavy (non-hydrogen) atoms. The molecule has 1 aliphatic heterocycles. The minimum absolute atomic E-state index is 0.0110. The van der Waals surface area contributed by atoms with Gasteiger partial charge in [-0.1, -0.05) is 0 Å². The topological polar surface area (TPSA) is 66.0 Å². The number of nitrogens with zero attached hydrogens (tertiary/aromatic N) is 3. The molecule has 0 unspecified atom stereocenters. The smallest absolute Gasteiger partial charge is 0.267 e. The van der Waals surface area contributed by atoms with Crippen LogP contribution >= 0.6 is 0 Å². The molecular formula is C18H25N5O. The highest BCUT2D eigenvalue weighted by molar-refractivity contribution is 5.93. The normalized spacial score (nSPS) is 24.1. The molecule has 4 rings (SSSR count). The summed E-state index contributed by atoms with van der Waals surface area (Å²) in [4.78, 5) is 22.6. The molecule has 0 aromatic carbocycles. The van der Waals surface area contributed by atoms with Crippen LogP contribution in [0.15, 0.2) is 18.6 Å². The van der Waals surface area contributed by atoms with Crippen LogP contribution in [-0.4, -0.2) is 51.5 Å². The highest BCUT2D eigenvalue weighted by Crippen LogP contribution is 2.27. The van der Waals surface area contributed by atoms with Gasteiger partial charge in [-0.3, -0.25) is 4.79 Å². The van der Waals surface area contributed by atoms with Gasteiger partial charge in [-0.05, 0) is 44.4 Å². The van der Waals surface area contributed by atoms with Gasteiger partial charge in [-0.15, -0.1) is 0 Å². The van der Waals surface area contributed by atoms with Crippen LogP contribution in [0.1, 0.15) is 46.2 Å². The number of carbonyl (C=O) groups excluding carboxylic acids is 1. The number of likely N-dealkylation sites (tertiary alicyclic amines) is 1. The van der Waals surface area contributed by atoms with Gasteiger partial charge in [0.1, 0.15) is 5.69 Å².